The molecule has 6 rings (SSSR count). The maximum atomic E-state index is 12.9. The summed E-state index contributed by atoms with van der Waals surface area (Å²) in [7, 11) is 0. The molecule has 2 bridgehead atoms. The average molecular weight is 649 g/mol. The highest BCUT2D eigenvalue weighted by molar-refractivity contribution is 6.10. The van der Waals surface area contributed by atoms with Gasteiger partial charge in [0.05, 0.1) is 0 Å². The zero-order valence-corrected chi connectivity index (χ0v) is 26.4. The Labute approximate surface area is 269 Å². The molecule has 3 fully saturated rings. The summed E-state index contributed by atoms with van der Waals surface area (Å²) in [6.45, 7) is 4.51. The molecular formula is C34H36N2O11. The van der Waals surface area contributed by atoms with Crippen LogP contribution in [0.1, 0.15) is 73.6 Å². The Hall–Kier alpha value is -4.94. The van der Waals surface area contributed by atoms with E-state index in [0.717, 1.165) is 17.7 Å². The van der Waals surface area contributed by atoms with Gasteiger partial charge in [0.2, 0.25) is 0 Å². The Morgan fingerprint density at radius 2 is 1.45 bits per heavy atom. The van der Waals surface area contributed by atoms with E-state index in [0.29, 0.717) is 47.7 Å². The first kappa shape index (κ1) is 32.0. The fraction of sp³-hybridized carbons (Fsp3) is 0.471. The maximum Gasteiger partial charge on any atom is 0.411 e. The summed E-state index contributed by atoms with van der Waals surface area (Å²) in [5.74, 6) is -2.43. The van der Waals surface area contributed by atoms with Crippen LogP contribution in [-0.2, 0) is 23.8 Å². The summed E-state index contributed by atoms with van der Waals surface area (Å²) in [5, 5.41) is 10.9. The van der Waals surface area contributed by atoms with Crippen LogP contribution < -0.4 is 0 Å². The number of ketones is 2. The summed E-state index contributed by atoms with van der Waals surface area (Å²) < 4.78 is 21.9. The Balaban J connectivity index is 1.08. The van der Waals surface area contributed by atoms with Gasteiger partial charge in [0.15, 0.2) is 24.8 Å². The number of benzene rings is 2. The molecule has 0 radical (unpaired) electrons. The topological polar surface area (TPSA) is 170 Å². The van der Waals surface area contributed by atoms with Gasteiger partial charge in [-0.25, -0.2) is 19.2 Å². The van der Waals surface area contributed by atoms with Gasteiger partial charge < -0.3 is 23.7 Å². The lowest BCUT2D eigenvalue weighted by Crippen LogP contribution is -2.49. The number of hydrogen-bond acceptors (Lipinski definition) is 10. The van der Waals surface area contributed by atoms with E-state index in [-0.39, 0.29) is 23.1 Å². The fourth-order valence-electron chi connectivity index (χ4n) is 6.86. The summed E-state index contributed by atoms with van der Waals surface area (Å²) in [4.78, 5) is 78.1. The molecule has 1 aromatic heterocycles. The van der Waals surface area contributed by atoms with Crippen LogP contribution in [0.2, 0.25) is 0 Å². The van der Waals surface area contributed by atoms with Crippen LogP contribution in [0.5, 0.6) is 0 Å². The van der Waals surface area contributed by atoms with Crippen LogP contribution in [0.15, 0.2) is 40.8 Å². The van der Waals surface area contributed by atoms with Crippen LogP contribution >= 0.6 is 0 Å². The van der Waals surface area contributed by atoms with Gasteiger partial charge >= 0.3 is 24.1 Å². The van der Waals surface area contributed by atoms with Crippen LogP contribution in [0.4, 0.5) is 9.59 Å². The quantitative estimate of drug-likeness (QED) is 0.199. The highest BCUT2D eigenvalue weighted by Crippen LogP contribution is 2.43. The number of Topliss-reactive ketones (excluding diaryl/α,β-unsaturated/α-hetero) is 2. The molecule has 4 unspecified atom stereocenters. The van der Waals surface area contributed by atoms with E-state index in [4.69, 9.17) is 18.6 Å². The van der Waals surface area contributed by atoms with Crippen molar-refractivity contribution in [2.75, 3.05) is 19.8 Å². The second-order valence-corrected chi connectivity index (χ2v) is 13.3. The Morgan fingerprint density at radius 3 is 2.02 bits per heavy atom. The zero-order valence-electron chi connectivity index (χ0n) is 26.4. The predicted octanol–water partition coefficient (Wildman–Crippen LogP) is 4.97. The van der Waals surface area contributed by atoms with Crippen molar-refractivity contribution >= 4 is 57.6 Å². The van der Waals surface area contributed by atoms with Crippen molar-refractivity contribution in [3.05, 3.63) is 47.5 Å². The van der Waals surface area contributed by atoms with E-state index in [2.05, 4.69) is 0 Å². The van der Waals surface area contributed by atoms with Gasteiger partial charge in [-0.2, -0.15) is 0 Å². The maximum absolute atomic E-state index is 12.9. The van der Waals surface area contributed by atoms with Gasteiger partial charge in [0.25, 0.3) is 0 Å². The Morgan fingerprint density at radius 1 is 0.851 bits per heavy atom. The molecule has 1 aliphatic carbocycles. The third-order valence-corrected chi connectivity index (χ3v) is 9.01. The van der Waals surface area contributed by atoms with Gasteiger partial charge in [0.1, 0.15) is 28.9 Å². The summed E-state index contributed by atoms with van der Waals surface area (Å²) >= 11 is 0. The first-order chi connectivity index (χ1) is 22.3. The molecule has 2 saturated heterocycles. The number of carbonyl (C=O) groups excluding carboxylic acids is 5. The zero-order chi connectivity index (χ0) is 33.6. The van der Waals surface area contributed by atoms with E-state index in [1.807, 2.05) is 0 Å². The molecule has 1 N–H and O–H groups in total. The van der Waals surface area contributed by atoms with E-state index in [1.54, 1.807) is 45.0 Å². The molecule has 13 nitrogen and oxygen atoms in total. The van der Waals surface area contributed by atoms with E-state index >= 15 is 0 Å². The number of fused-ring (bicyclic) bond motifs is 5. The number of nitrogens with zero attached hydrogens (tertiary/aromatic N) is 2. The molecule has 2 aliphatic heterocycles. The molecule has 1 saturated carbocycles. The molecule has 0 spiro atoms. The van der Waals surface area contributed by atoms with Crippen molar-refractivity contribution in [3.8, 4) is 0 Å². The number of esters is 2. The average Bonchev–Trinajstić information content (AvgIpc) is 3.83. The van der Waals surface area contributed by atoms with Crippen molar-refractivity contribution in [2.24, 2.45) is 5.92 Å². The summed E-state index contributed by atoms with van der Waals surface area (Å²) in [6, 6.07) is 7.70. The van der Waals surface area contributed by atoms with Gasteiger partial charge in [-0.1, -0.05) is 12.1 Å². The van der Waals surface area contributed by atoms with Gasteiger partial charge in [-0.3, -0.25) is 19.4 Å². The number of likely N-dealkylation sites (tertiary alicyclic amines) is 2. The van der Waals surface area contributed by atoms with Crippen molar-refractivity contribution in [1.29, 1.82) is 0 Å². The van der Waals surface area contributed by atoms with Crippen LogP contribution in [0, 0.1) is 5.92 Å². The van der Waals surface area contributed by atoms with E-state index < -0.39 is 66.6 Å². The SMILES string of the molecule is CC(C)(C)OC(=O)N1CCCC1C(=O)OCC(=O)c1ccc2c(c1)oc1cc(C(=O)COC(=O)C3C4CCC(C4)N3C(=O)O)ccc12. The third kappa shape index (κ3) is 6.38. The lowest BCUT2D eigenvalue weighted by atomic mass is 9.99. The smallest absolute Gasteiger partial charge is 0.411 e. The minimum Gasteiger partial charge on any atom is -0.465 e. The number of carbonyl (C=O) groups is 6. The van der Waals surface area contributed by atoms with Crippen LogP contribution in [0.25, 0.3) is 21.9 Å². The van der Waals surface area contributed by atoms with Gasteiger partial charge in [0, 0.05) is 34.5 Å². The fourth-order valence-corrected chi connectivity index (χ4v) is 6.86. The summed E-state index contributed by atoms with van der Waals surface area (Å²) in [5.41, 5.74) is 0.530. The van der Waals surface area contributed by atoms with Gasteiger partial charge in [-0.15, -0.1) is 0 Å². The molecule has 3 heterocycles. The molecule has 2 amide bonds. The molecule has 3 aromatic rings. The Kier molecular flexibility index (Phi) is 8.41. The van der Waals surface area contributed by atoms with Crippen molar-refractivity contribution in [3.63, 3.8) is 0 Å². The molecular weight excluding hydrogens is 612 g/mol. The first-order valence-electron chi connectivity index (χ1n) is 15.7. The lowest BCUT2D eigenvalue weighted by molar-refractivity contribution is -0.149. The third-order valence-electron chi connectivity index (χ3n) is 9.01. The van der Waals surface area contributed by atoms with E-state index in [9.17, 15) is 33.9 Å². The number of piperidine rings is 1. The molecule has 13 heteroatoms. The van der Waals surface area contributed by atoms with Crippen molar-refractivity contribution < 1.29 is 52.5 Å². The second-order valence-electron chi connectivity index (χ2n) is 13.3. The van der Waals surface area contributed by atoms with Crippen molar-refractivity contribution in [2.45, 2.75) is 76.6 Å². The standard InChI is InChI=1S/C34H36N2O11/c1-34(2,3)47-33(43)35-12-4-5-24(35)30(39)44-16-25(37)18-7-10-22-23-11-8-19(15-28(23)46-27(22)14-18)26(38)17-45-31(40)29-20-6-9-21(13-20)36(29)32(41)42/h7-8,10-11,14-15,20-21,24,29H,4-6,9,12-13,16-17H2,1-3H3,(H,41,42). The molecule has 47 heavy (non-hydrogen) atoms. The monoisotopic (exact) mass is 648 g/mol. The minimum atomic E-state index is -1.16. The minimum absolute atomic E-state index is 0.101. The van der Waals surface area contributed by atoms with Crippen LogP contribution in [0.3, 0.4) is 0 Å². The molecule has 3 aliphatic rings. The van der Waals surface area contributed by atoms with Gasteiger partial charge in [-0.05, 0) is 83.1 Å². The largest absolute Gasteiger partial charge is 0.465 e. The second kappa shape index (κ2) is 12.3. The molecule has 4 atom stereocenters. The number of furan rings is 1. The number of hydrogen-bond donors (Lipinski definition) is 1. The molecule has 248 valence electrons. The predicted molar refractivity (Wildman–Crippen MR) is 165 cm³/mol. The summed E-state index contributed by atoms with van der Waals surface area (Å²) in [6.07, 6.45) is 1.34. The lowest BCUT2D eigenvalue weighted by Gasteiger charge is -2.31. The highest BCUT2D eigenvalue weighted by atomic mass is 16.6. The van der Waals surface area contributed by atoms with Crippen molar-refractivity contribution in [1.82, 2.24) is 9.80 Å². The number of ether oxygens (including phenoxy) is 3. The Bertz CT molecular complexity index is 1790. The highest BCUT2D eigenvalue weighted by Gasteiger charge is 2.52. The van der Waals surface area contributed by atoms with Crippen LogP contribution in [-0.4, -0.2) is 94.1 Å². The number of carboxylic acid groups (broad SMARTS) is 1. The normalized spacial score (nSPS) is 22.1. The molecule has 2 aromatic carbocycles. The number of amides is 2. The number of rotatable bonds is 8. The first-order valence-corrected chi connectivity index (χ1v) is 15.7. The van der Waals surface area contributed by atoms with E-state index in [1.165, 1.54) is 17.0 Å².